The van der Waals surface area contributed by atoms with Gasteiger partial charge in [0.25, 0.3) is 17.7 Å². The maximum Gasteiger partial charge on any atom is 0.272 e. The van der Waals surface area contributed by atoms with Gasteiger partial charge in [0.15, 0.2) is 0 Å². The number of nitrogens with zero attached hydrogens (tertiary/aromatic N) is 3. The summed E-state index contributed by atoms with van der Waals surface area (Å²) >= 11 is 0. The second-order valence-corrected chi connectivity index (χ2v) is 9.62. The van der Waals surface area contributed by atoms with Gasteiger partial charge in [0.1, 0.15) is 17.1 Å². The first-order chi connectivity index (χ1) is 19.7. The summed E-state index contributed by atoms with van der Waals surface area (Å²) in [5.74, 6) is -1.08. The minimum absolute atomic E-state index is 0.0117. The highest BCUT2D eigenvalue weighted by molar-refractivity contribution is 6.07. The van der Waals surface area contributed by atoms with Crippen LogP contribution >= 0.6 is 0 Å². The molecule has 3 rings (SSSR count). The number of aromatic nitrogens is 3. The number of carbonyl (C=O) groups is 4. The number of nitrogens with one attached hydrogen (secondary N) is 5. The average molecular weight is 566 g/mol. The third-order valence-electron chi connectivity index (χ3n) is 6.20. The van der Waals surface area contributed by atoms with Gasteiger partial charge >= 0.3 is 0 Å². The summed E-state index contributed by atoms with van der Waals surface area (Å²) in [5, 5.41) is 18.4. The van der Waals surface area contributed by atoms with Crippen molar-refractivity contribution in [3.8, 4) is 0 Å². The molecule has 13 heteroatoms. The van der Waals surface area contributed by atoms with Crippen molar-refractivity contribution in [1.82, 2.24) is 19.0 Å². The van der Waals surface area contributed by atoms with Crippen LogP contribution in [0.15, 0.2) is 36.8 Å². The number of hydrogen-bond acceptors (Lipinski definition) is 5. The molecule has 0 aliphatic heterocycles. The summed E-state index contributed by atoms with van der Waals surface area (Å²) in [7, 11) is 0. The molecular weight excluding hydrogens is 526 g/mol. The predicted molar refractivity (Wildman–Crippen MR) is 159 cm³/mol. The van der Waals surface area contributed by atoms with Gasteiger partial charge < -0.3 is 40.7 Å². The van der Waals surface area contributed by atoms with Crippen molar-refractivity contribution < 1.29 is 19.2 Å². The lowest BCUT2D eigenvalue weighted by atomic mass is 10.3. The average Bonchev–Trinajstić information content (AvgIpc) is 3.62. The van der Waals surface area contributed by atoms with E-state index in [2.05, 4.69) is 21.3 Å². The van der Waals surface area contributed by atoms with Crippen molar-refractivity contribution in [3.63, 3.8) is 0 Å². The van der Waals surface area contributed by atoms with Gasteiger partial charge in [-0.15, -0.1) is 0 Å². The minimum atomic E-state index is -0.386. The Labute approximate surface area is 239 Å². The van der Waals surface area contributed by atoms with Crippen molar-refractivity contribution >= 4 is 47.0 Å². The van der Waals surface area contributed by atoms with E-state index in [9.17, 15) is 19.2 Å². The zero-order valence-electron chi connectivity index (χ0n) is 23.8. The number of carbonyl (C=O) groups excluding carboxylic acids is 4. The van der Waals surface area contributed by atoms with Gasteiger partial charge in [0.2, 0.25) is 6.41 Å². The fourth-order valence-electron chi connectivity index (χ4n) is 4.46. The molecule has 3 aromatic rings. The molecule has 0 aliphatic carbocycles. The summed E-state index contributed by atoms with van der Waals surface area (Å²) in [6, 6.07) is 4.82. The predicted octanol–water partition coefficient (Wildman–Crippen LogP) is 3.45. The van der Waals surface area contributed by atoms with Gasteiger partial charge in [-0.05, 0) is 37.5 Å². The first kappa shape index (κ1) is 30.7. The van der Waals surface area contributed by atoms with Crippen LogP contribution in [-0.4, -0.2) is 50.2 Å². The van der Waals surface area contributed by atoms with Gasteiger partial charge in [-0.2, -0.15) is 0 Å². The van der Waals surface area contributed by atoms with Crippen LogP contribution in [0.4, 0.5) is 17.1 Å². The Bertz CT molecular complexity index is 1400. The molecule has 0 aromatic carbocycles. The van der Waals surface area contributed by atoms with E-state index in [1.807, 2.05) is 20.8 Å². The Balaban J connectivity index is 1.80. The number of amides is 4. The molecule has 0 atom stereocenters. The maximum atomic E-state index is 13.4. The lowest BCUT2D eigenvalue weighted by Crippen LogP contribution is -2.29. The molecule has 0 spiro atoms. The second-order valence-electron chi connectivity index (χ2n) is 9.62. The highest BCUT2D eigenvalue weighted by Gasteiger charge is 2.20. The van der Waals surface area contributed by atoms with Crippen molar-refractivity contribution in [3.05, 3.63) is 53.9 Å². The third kappa shape index (κ3) is 8.10. The highest BCUT2D eigenvalue weighted by Crippen LogP contribution is 2.21. The Morgan fingerprint density at radius 3 is 1.59 bits per heavy atom. The zero-order valence-corrected chi connectivity index (χ0v) is 23.8. The van der Waals surface area contributed by atoms with Gasteiger partial charge in [-0.1, -0.05) is 20.8 Å². The smallest absolute Gasteiger partial charge is 0.272 e. The van der Waals surface area contributed by atoms with E-state index in [1.165, 1.54) is 0 Å². The molecule has 3 aromatic heterocycles. The van der Waals surface area contributed by atoms with Gasteiger partial charge in [-0.25, -0.2) is 0 Å². The highest BCUT2D eigenvalue weighted by atomic mass is 16.2. The molecule has 13 nitrogen and oxygen atoms in total. The summed E-state index contributed by atoms with van der Waals surface area (Å²) in [6.45, 7) is 7.94. The van der Waals surface area contributed by atoms with E-state index in [0.29, 0.717) is 60.2 Å². The van der Waals surface area contributed by atoms with Gasteiger partial charge in [-0.3, -0.25) is 24.6 Å². The quantitative estimate of drug-likeness (QED) is 0.0882. The van der Waals surface area contributed by atoms with Crippen LogP contribution in [0.5, 0.6) is 0 Å². The number of nitrogens with two attached hydrogens (primary N) is 1. The molecule has 0 radical (unpaired) electrons. The molecule has 220 valence electrons. The number of anilines is 3. The molecule has 0 fully saturated rings. The van der Waals surface area contributed by atoms with Crippen LogP contribution in [0.25, 0.3) is 0 Å². The molecule has 0 saturated carbocycles. The second kappa shape index (κ2) is 14.5. The van der Waals surface area contributed by atoms with Gasteiger partial charge in [0.05, 0.1) is 22.9 Å². The van der Waals surface area contributed by atoms with Crippen LogP contribution < -0.4 is 27.0 Å². The molecule has 3 heterocycles. The number of amidine groups is 1. The van der Waals surface area contributed by atoms with Crippen molar-refractivity contribution in [2.24, 2.45) is 5.73 Å². The number of rotatable bonds is 16. The zero-order chi connectivity index (χ0) is 29.9. The molecule has 0 unspecified atom stereocenters. The van der Waals surface area contributed by atoms with E-state index >= 15 is 0 Å². The van der Waals surface area contributed by atoms with E-state index < -0.39 is 0 Å². The molecule has 0 aliphatic rings. The summed E-state index contributed by atoms with van der Waals surface area (Å²) in [6.07, 6.45) is 8.28. The van der Waals surface area contributed by atoms with Crippen LogP contribution in [0.3, 0.4) is 0 Å². The molecular formula is C28H39N9O4. The summed E-state index contributed by atoms with van der Waals surface area (Å²) in [5.41, 5.74) is 7.93. The van der Waals surface area contributed by atoms with Crippen molar-refractivity contribution in [2.45, 2.75) is 66.1 Å². The normalized spacial score (nSPS) is 10.7. The molecule has 7 N–H and O–H groups in total. The van der Waals surface area contributed by atoms with Crippen LogP contribution in [0.1, 0.15) is 77.9 Å². The van der Waals surface area contributed by atoms with Gasteiger partial charge in [0, 0.05) is 51.2 Å². The molecule has 0 bridgehead atoms. The topological polar surface area (TPSA) is 181 Å². The summed E-state index contributed by atoms with van der Waals surface area (Å²) in [4.78, 5) is 50.1. The number of aryl methyl sites for hydroxylation is 3. The molecule has 4 amide bonds. The Hall–Kier alpha value is -4.81. The van der Waals surface area contributed by atoms with E-state index in [4.69, 9.17) is 11.1 Å². The Kier molecular flexibility index (Phi) is 10.9. The Morgan fingerprint density at radius 2 is 1.17 bits per heavy atom. The fourth-order valence-corrected chi connectivity index (χ4v) is 4.46. The fraction of sp³-hybridized carbons (Fsp3) is 0.393. The maximum absolute atomic E-state index is 13.4. The minimum Gasteiger partial charge on any atom is -0.388 e. The van der Waals surface area contributed by atoms with E-state index in [1.54, 1.807) is 50.5 Å². The first-order valence-electron chi connectivity index (χ1n) is 13.7. The van der Waals surface area contributed by atoms with E-state index in [-0.39, 0.29) is 36.5 Å². The van der Waals surface area contributed by atoms with Crippen LogP contribution in [0, 0.1) is 5.41 Å². The van der Waals surface area contributed by atoms with Crippen molar-refractivity contribution in [1.29, 1.82) is 5.41 Å². The summed E-state index contributed by atoms with van der Waals surface area (Å²) < 4.78 is 5.31. The molecule has 0 saturated heterocycles. The number of hydrogen-bond donors (Lipinski definition) is 6. The van der Waals surface area contributed by atoms with Crippen molar-refractivity contribution in [2.75, 3.05) is 22.5 Å². The van der Waals surface area contributed by atoms with E-state index in [0.717, 1.165) is 19.3 Å². The monoisotopic (exact) mass is 565 g/mol. The first-order valence-corrected chi connectivity index (χ1v) is 13.7. The van der Waals surface area contributed by atoms with Crippen LogP contribution in [0.2, 0.25) is 0 Å². The SMILES string of the molecule is CCCn1cc(NC(=O)c2cc(NC(=O)c3cc(NC=O)cn3CCC)cn2CCC)cc1C(=O)NCCC(=N)N. The standard InChI is InChI=1S/C28H39N9O4/c1-4-9-35-15-19(32-18-38)12-23(35)27(40)34-21-14-24(37(17-21)11-6-3)28(41)33-20-13-22(36(16-20)10-5-2)26(39)31-8-7-25(29)30/h12-18H,4-11H2,1-3H3,(H3,29,30)(H,31,39)(H,32,38)(H,33,41)(H,34,40). The third-order valence-corrected chi connectivity index (χ3v) is 6.20. The van der Waals surface area contributed by atoms with Crippen LogP contribution in [-0.2, 0) is 24.4 Å². The Morgan fingerprint density at radius 1 is 0.756 bits per heavy atom. The largest absolute Gasteiger partial charge is 0.388 e. The lowest BCUT2D eigenvalue weighted by Gasteiger charge is -2.08. The molecule has 41 heavy (non-hydrogen) atoms. The lowest BCUT2D eigenvalue weighted by molar-refractivity contribution is -0.105.